The summed E-state index contributed by atoms with van der Waals surface area (Å²) in [5.41, 5.74) is 0.919. The first-order valence-corrected chi connectivity index (χ1v) is 6.31. The number of ether oxygens (including phenoxy) is 1. The second-order valence-electron chi connectivity index (χ2n) is 4.37. The molecule has 2 N–H and O–H groups in total. The van der Waals surface area contributed by atoms with Gasteiger partial charge in [0.25, 0.3) is 5.91 Å². The smallest absolute Gasteiger partial charge is 0.323 e. The van der Waals surface area contributed by atoms with Crippen LogP contribution in [0.5, 0.6) is 0 Å². The van der Waals surface area contributed by atoms with Gasteiger partial charge in [-0.3, -0.25) is 14.4 Å². The lowest BCUT2D eigenvalue weighted by atomic mass is 10.1. The molecule has 0 atom stereocenters. The highest BCUT2D eigenvalue weighted by Crippen LogP contribution is 2.11. The van der Waals surface area contributed by atoms with Gasteiger partial charge in [0.1, 0.15) is 6.54 Å². The van der Waals surface area contributed by atoms with Crippen LogP contribution in [0.15, 0.2) is 24.3 Å². The maximum atomic E-state index is 12.2. The number of amides is 2. The molecule has 0 aliphatic carbocycles. The first-order chi connectivity index (χ1) is 9.93. The third-order valence-electron chi connectivity index (χ3n) is 2.63. The Hall–Kier alpha value is -2.41. The molecule has 0 bridgehead atoms. The Morgan fingerprint density at radius 2 is 1.86 bits per heavy atom. The monoisotopic (exact) mass is 294 g/mol. The molecule has 0 saturated heterocycles. The molecule has 0 radical (unpaired) electrons. The summed E-state index contributed by atoms with van der Waals surface area (Å²) >= 11 is 0. The fourth-order valence-corrected chi connectivity index (χ4v) is 1.70. The second kappa shape index (κ2) is 8.01. The summed E-state index contributed by atoms with van der Waals surface area (Å²) in [6, 6.07) is 6.25. The molecule has 21 heavy (non-hydrogen) atoms. The van der Waals surface area contributed by atoms with Crippen molar-refractivity contribution in [2.45, 2.75) is 6.92 Å². The number of hydrogen-bond donors (Lipinski definition) is 2. The molecule has 0 saturated carbocycles. The number of methoxy groups -OCH3 is 1. The maximum absolute atomic E-state index is 12.2. The Morgan fingerprint density at radius 1 is 1.24 bits per heavy atom. The van der Waals surface area contributed by atoms with Gasteiger partial charge in [-0.05, 0) is 24.3 Å². The van der Waals surface area contributed by atoms with Gasteiger partial charge in [-0.1, -0.05) is 0 Å². The topological polar surface area (TPSA) is 95.9 Å². The number of carboxylic acid groups (broad SMARTS) is 1. The number of carbonyl (C=O) groups is 3. The summed E-state index contributed by atoms with van der Waals surface area (Å²) in [6.45, 7) is 1.44. The van der Waals surface area contributed by atoms with E-state index >= 15 is 0 Å². The molecule has 1 rings (SSSR count). The van der Waals surface area contributed by atoms with Crippen LogP contribution < -0.4 is 5.32 Å². The molecule has 114 valence electrons. The van der Waals surface area contributed by atoms with E-state index in [1.54, 1.807) is 12.1 Å². The lowest BCUT2D eigenvalue weighted by Crippen LogP contribution is -2.38. The standard InChI is InChI=1S/C14H18N2O5/c1-10(17)15-12-5-3-11(4-6-12)14(20)16(7-8-21-2)9-13(18)19/h3-6H,7-9H2,1-2H3,(H,15,17)(H,18,19). The van der Waals surface area contributed by atoms with E-state index in [0.29, 0.717) is 11.3 Å². The van der Waals surface area contributed by atoms with Gasteiger partial charge in [-0.2, -0.15) is 0 Å². The van der Waals surface area contributed by atoms with Gasteiger partial charge in [0.15, 0.2) is 0 Å². The van der Waals surface area contributed by atoms with Gasteiger partial charge in [-0.15, -0.1) is 0 Å². The minimum Gasteiger partial charge on any atom is -0.480 e. The summed E-state index contributed by atoms with van der Waals surface area (Å²) < 4.78 is 4.87. The van der Waals surface area contributed by atoms with Crippen LogP contribution >= 0.6 is 0 Å². The van der Waals surface area contributed by atoms with E-state index in [1.165, 1.54) is 31.1 Å². The lowest BCUT2D eigenvalue weighted by Gasteiger charge is -2.20. The SMILES string of the molecule is COCCN(CC(=O)O)C(=O)c1ccc(NC(C)=O)cc1. The summed E-state index contributed by atoms with van der Waals surface area (Å²) in [5.74, 6) is -1.69. The van der Waals surface area contributed by atoms with Gasteiger partial charge >= 0.3 is 5.97 Å². The van der Waals surface area contributed by atoms with Crippen molar-refractivity contribution in [3.05, 3.63) is 29.8 Å². The highest BCUT2D eigenvalue weighted by atomic mass is 16.5. The van der Waals surface area contributed by atoms with Crippen molar-refractivity contribution in [1.82, 2.24) is 4.90 Å². The van der Waals surface area contributed by atoms with Gasteiger partial charge in [0.05, 0.1) is 6.61 Å². The van der Waals surface area contributed by atoms with Crippen LogP contribution in [0, 0.1) is 0 Å². The lowest BCUT2D eigenvalue weighted by molar-refractivity contribution is -0.137. The minimum atomic E-state index is -1.09. The van der Waals surface area contributed by atoms with Crippen molar-refractivity contribution in [2.75, 3.05) is 32.1 Å². The van der Waals surface area contributed by atoms with Crippen molar-refractivity contribution in [2.24, 2.45) is 0 Å². The molecule has 0 fully saturated rings. The molecule has 0 spiro atoms. The first kappa shape index (κ1) is 16.6. The van der Waals surface area contributed by atoms with Crippen LogP contribution in [-0.4, -0.2) is 54.6 Å². The summed E-state index contributed by atoms with van der Waals surface area (Å²) in [5, 5.41) is 11.4. The summed E-state index contributed by atoms with van der Waals surface area (Å²) in [7, 11) is 1.48. The highest BCUT2D eigenvalue weighted by molar-refractivity contribution is 5.96. The quantitative estimate of drug-likeness (QED) is 0.776. The van der Waals surface area contributed by atoms with Crippen LogP contribution in [0.25, 0.3) is 0 Å². The molecular weight excluding hydrogens is 276 g/mol. The van der Waals surface area contributed by atoms with Gasteiger partial charge < -0.3 is 20.1 Å². The average Bonchev–Trinajstić information content (AvgIpc) is 2.42. The van der Waals surface area contributed by atoms with Crippen LogP contribution in [0.3, 0.4) is 0 Å². The Morgan fingerprint density at radius 3 is 2.33 bits per heavy atom. The van der Waals surface area contributed by atoms with Crippen molar-refractivity contribution >= 4 is 23.5 Å². The molecule has 0 unspecified atom stereocenters. The van der Waals surface area contributed by atoms with Crippen LogP contribution in [0.4, 0.5) is 5.69 Å². The number of nitrogens with zero attached hydrogens (tertiary/aromatic N) is 1. The Labute approximate surface area is 122 Å². The number of anilines is 1. The molecule has 0 aliphatic rings. The summed E-state index contributed by atoms with van der Waals surface area (Å²) in [6.07, 6.45) is 0. The molecule has 0 aliphatic heterocycles. The number of nitrogens with one attached hydrogen (secondary N) is 1. The molecule has 0 heterocycles. The van der Waals surface area contributed by atoms with E-state index in [4.69, 9.17) is 9.84 Å². The van der Waals surface area contributed by atoms with Gasteiger partial charge in [-0.25, -0.2) is 0 Å². The third kappa shape index (κ3) is 5.62. The van der Waals surface area contributed by atoms with Crippen LogP contribution in [0.1, 0.15) is 17.3 Å². The predicted molar refractivity (Wildman–Crippen MR) is 76.2 cm³/mol. The molecule has 1 aromatic rings. The average molecular weight is 294 g/mol. The Bertz CT molecular complexity index is 513. The van der Waals surface area contributed by atoms with Crippen molar-refractivity contribution in [3.63, 3.8) is 0 Å². The van der Waals surface area contributed by atoms with E-state index < -0.39 is 18.4 Å². The first-order valence-electron chi connectivity index (χ1n) is 6.31. The molecule has 1 aromatic carbocycles. The fraction of sp³-hybridized carbons (Fsp3) is 0.357. The molecular formula is C14H18N2O5. The van der Waals surface area contributed by atoms with E-state index in [0.717, 1.165) is 0 Å². The number of aliphatic carboxylic acids is 1. The fourth-order valence-electron chi connectivity index (χ4n) is 1.70. The molecule has 0 aromatic heterocycles. The Balaban J connectivity index is 2.82. The normalized spacial score (nSPS) is 10.0. The number of benzene rings is 1. The molecule has 7 heteroatoms. The minimum absolute atomic E-state index is 0.190. The van der Waals surface area contributed by atoms with Gasteiger partial charge in [0, 0.05) is 31.8 Å². The molecule has 2 amide bonds. The highest BCUT2D eigenvalue weighted by Gasteiger charge is 2.18. The number of rotatable bonds is 7. The Kier molecular flexibility index (Phi) is 6.35. The van der Waals surface area contributed by atoms with E-state index in [-0.39, 0.29) is 19.1 Å². The molecule has 7 nitrogen and oxygen atoms in total. The zero-order chi connectivity index (χ0) is 15.8. The van der Waals surface area contributed by atoms with Crippen molar-refractivity contribution < 1.29 is 24.2 Å². The van der Waals surface area contributed by atoms with E-state index in [9.17, 15) is 14.4 Å². The predicted octanol–water partition coefficient (Wildman–Crippen LogP) is 0.818. The third-order valence-corrected chi connectivity index (χ3v) is 2.63. The number of carboxylic acids is 1. The largest absolute Gasteiger partial charge is 0.480 e. The van der Waals surface area contributed by atoms with Gasteiger partial charge in [0.2, 0.25) is 5.91 Å². The zero-order valence-electron chi connectivity index (χ0n) is 12.0. The maximum Gasteiger partial charge on any atom is 0.323 e. The van der Waals surface area contributed by atoms with Crippen LogP contribution in [-0.2, 0) is 14.3 Å². The summed E-state index contributed by atoms with van der Waals surface area (Å²) in [4.78, 5) is 35.1. The van der Waals surface area contributed by atoms with Crippen molar-refractivity contribution in [1.29, 1.82) is 0 Å². The number of carbonyl (C=O) groups excluding carboxylic acids is 2. The number of hydrogen-bond acceptors (Lipinski definition) is 4. The second-order valence-corrected chi connectivity index (χ2v) is 4.37. The van der Waals surface area contributed by atoms with Crippen molar-refractivity contribution in [3.8, 4) is 0 Å². The van der Waals surface area contributed by atoms with E-state index in [1.807, 2.05) is 0 Å². The van der Waals surface area contributed by atoms with Crippen LogP contribution in [0.2, 0.25) is 0 Å². The zero-order valence-corrected chi connectivity index (χ0v) is 12.0. The van der Waals surface area contributed by atoms with E-state index in [2.05, 4.69) is 5.32 Å².